The van der Waals surface area contributed by atoms with Crippen LogP contribution in [-0.4, -0.2) is 48.5 Å². The Morgan fingerprint density at radius 2 is 1.91 bits per heavy atom. The fraction of sp³-hybridized carbons (Fsp3) is 0.286. The second-order valence-corrected chi connectivity index (χ2v) is 4.28. The van der Waals surface area contributed by atoms with E-state index in [1.165, 1.54) is 31.3 Å². The van der Waals surface area contributed by atoms with Gasteiger partial charge in [-0.15, -0.1) is 0 Å². The number of carbonyl (C=O) groups excluding carboxylic acids is 1. The molecule has 0 radical (unpaired) electrons. The van der Waals surface area contributed by atoms with E-state index in [1.54, 1.807) is 0 Å². The highest BCUT2D eigenvalue weighted by atomic mass is 19.3. The average molecular weight is 317 g/mol. The minimum Gasteiger partial charge on any atom is -0.492 e. The molecule has 1 rings (SSSR count). The lowest BCUT2D eigenvalue weighted by Gasteiger charge is -2.13. The van der Waals surface area contributed by atoms with Crippen molar-refractivity contribution in [2.24, 2.45) is 0 Å². The predicted molar refractivity (Wildman–Crippen MR) is 72.7 cm³/mol. The van der Waals surface area contributed by atoms with Gasteiger partial charge in [-0.1, -0.05) is 12.1 Å². The van der Waals surface area contributed by atoms with Gasteiger partial charge in [-0.05, 0) is 23.8 Å². The van der Waals surface area contributed by atoms with E-state index in [-0.39, 0.29) is 18.7 Å². The number of carbonyl (C=O) groups is 2. The molecule has 0 unspecified atom stereocenters. The number of hydrogen-bond acceptors (Lipinski definition) is 3. The van der Waals surface area contributed by atoms with Crippen molar-refractivity contribution in [3.8, 4) is 5.75 Å². The third-order valence-corrected chi connectivity index (χ3v) is 2.63. The molecule has 0 spiro atoms. The number of ketones is 1. The molecule has 0 aliphatic heterocycles. The first-order valence-corrected chi connectivity index (χ1v) is 6.17. The van der Waals surface area contributed by atoms with Crippen LogP contribution < -0.4 is 4.74 Å². The Morgan fingerprint density at radius 1 is 1.32 bits per heavy atom. The van der Waals surface area contributed by atoms with Crippen LogP contribution in [0.15, 0.2) is 30.1 Å². The average Bonchev–Trinajstić information content (AvgIpc) is 2.47. The van der Waals surface area contributed by atoms with Crippen molar-refractivity contribution >= 4 is 18.0 Å². The zero-order chi connectivity index (χ0) is 16.7. The quantitative estimate of drug-likeness (QED) is 0.785. The van der Waals surface area contributed by atoms with Crippen molar-refractivity contribution in [1.82, 2.24) is 4.90 Å². The first-order valence-electron chi connectivity index (χ1n) is 6.17. The summed E-state index contributed by atoms with van der Waals surface area (Å²) in [7, 11) is 1.39. The second kappa shape index (κ2) is 8.06. The van der Waals surface area contributed by atoms with Crippen LogP contribution in [0.5, 0.6) is 5.75 Å². The van der Waals surface area contributed by atoms with E-state index in [2.05, 4.69) is 0 Å². The minimum atomic E-state index is -3.38. The van der Waals surface area contributed by atoms with Crippen molar-refractivity contribution in [2.75, 3.05) is 20.2 Å². The second-order valence-electron chi connectivity index (χ2n) is 4.28. The van der Waals surface area contributed by atoms with Gasteiger partial charge >= 0.3 is 12.5 Å². The molecule has 8 heteroatoms. The summed E-state index contributed by atoms with van der Waals surface area (Å²) in [5.41, 5.74) is 0.224. The van der Waals surface area contributed by atoms with Gasteiger partial charge in [0.05, 0.1) is 6.54 Å². The van der Waals surface area contributed by atoms with Crippen LogP contribution in [0.4, 0.5) is 18.0 Å². The number of allylic oxidation sites excluding steroid dienone is 1. The largest absolute Gasteiger partial charge is 0.492 e. The molecule has 1 N–H and O–H groups in total. The predicted octanol–water partition coefficient (Wildman–Crippen LogP) is 2.82. The van der Waals surface area contributed by atoms with Gasteiger partial charge in [0, 0.05) is 7.05 Å². The molecule has 120 valence electrons. The third kappa shape index (κ3) is 5.47. The summed E-state index contributed by atoms with van der Waals surface area (Å²) >= 11 is 0. The molecule has 1 aromatic rings. The number of Topliss-reactive ketones (excluding diaryl/α,β-unsaturated/α-hetero) is 1. The van der Waals surface area contributed by atoms with Crippen LogP contribution >= 0.6 is 0 Å². The number of ether oxygens (including phenoxy) is 1. The summed E-state index contributed by atoms with van der Waals surface area (Å²) in [4.78, 5) is 22.3. The van der Waals surface area contributed by atoms with Crippen molar-refractivity contribution in [3.05, 3.63) is 35.7 Å². The zero-order valence-electron chi connectivity index (χ0n) is 11.6. The molecular weight excluding hydrogens is 303 g/mol. The Hall–Kier alpha value is -2.51. The highest BCUT2D eigenvalue weighted by molar-refractivity contribution is 5.99. The number of likely N-dealkylation sites (N-methyl/N-ethyl adjacent to an activating group) is 1. The van der Waals surface area contributed by atoms with E-state index in [9.17, 15) is 22.8 Å². The third-order valence-electron chi connectivity index (χ3n) is 2.63. The van der Waals surface area contributed by atoms with Gasteiger partial charge in [0.2, 0.25) is 0 Å². The maximum absolute atomic E-state index is 13.1. The standard InChI is InChI=1S/C14H14F3NO4/c1-18(14(20)21)6-7-22-10-4-2-9(3-5-10)8-11(15)12(19)13(16)17/h2-5,8,13H,6-7H2,1H3,(H,20,21). The molecule has 0 atom stereocenters. The van der Waals surface area contributed by atoms with Gasteiger partial charge in [0.1, 0.15) is 12.4 Å². The number of carboxylic acid groups (broad SMARTS) is 1. The molecule has 0 aromatic heterocycles. The molecule has 22 heavy (non-hydrogen) atoms. The van der Waals surface area contributed by atoms with Crippen LogP contribution in [0.25, 0.3) is 6.08 Å². The molecule has 5 nitrogen and oxygen atoms in total. The maximum atomic E-state index is 13.1. The number of halogens is 3. The van der Waals surface area contributed by atoms with Crippen molar-refractivity contribution in [1.29, 1.82) is 0 Å². The van der Waals surface area contributed by atoms with E-state index in [4.69, 9.17) is 9.84 Å². The summed E-state index contributed by atoms with van der Waals surface area (Å²) in [5, 5.41) is 8.63. The van der Waals surface area contributed by atoms with Crippen LogP contribution in [0.1, 0.15) is 5.56 Å². The summed E-state index contributed by atoms with van der Waals surface area (Å²) in [5.74, 6) is -2.99. The number of benzene rings is 1. The van der Waals surface area contributed by atoms with Gasteiger partial charge < -0.3 is 14.7 Å². The summed E-state index contributed by atoms with van der Waals surface area (Å²) in [6, 6.07) is 5.67. The number of alkyl halides is 2. The lowest BCUT2D eigenvalue weighted by Crippen LogP contribution is -2.29. The summed E-state index contributed by atoms with van der Waals surface area (Å²) < 4.78 is 42.4. The highest BCUT2D eigenvalue weighted by Gasteiger charge is 2.20. The summed E-state index contributed by atoms with van der Waals surface area (Å²) in [6.45, 7) is 0.282. The SMILES string of the molecule is CN(CCOc1ccc(C=C(F)C(=O)C(F)F)cc1)C(=O)O. The first kappa shape index (κ1) is 17.5. The molecule has 0 aliphatic carbocycles. The van der Waals surface area contributed by atoms with Crippen molar-refractivity contribution in [3.63, 3.8) is 0 Å². The monoisotopic (exact) mass is 317 g/mol. The molecule has 0 aliphatic rings. The van der Waals surface area contributed by atoms with E-state index in [1.807, 2.05) is 0 Å². The molecule has 0 saturated carbocycles. The zero-order valence-corrected chi connectivity index (χ0v) is 11.6. The molecule has 1 amide bonds. The lowest BCUT2D eigenvalue weighted by molar-refractivity contribution is -0.126. The first-order chi connectivity index (χ1) is 10.3. The van der Waals surface area contributed by atoms with E-state index in [0.29, 0.717) is 11.8 Å². The molecular formula is C14H14F3NO4. The van der Waals surface area contributed by atoms with E-state index >= 15 is 0 Å². The van der Waals surface area contributed by atoms with Gasteiger partial charge in [-0.3, -0.25) is 4.79 Å². The van der Waals surface area contributed by atoms with Crippen molar-refractivity contribution < 1.29 is 32.6 Å². The molecule has 0 saturated heterocycles. The fourth-order valence-corrected chi connectivity index (χ4v) is 1.38. The van der Waals surface area contributed by atoms with Gasteiger partial charge in [-0.2, -0.15) is 0 Å². The molecule has 1 aromatic carbocycles. The van der Waals surface area contributed by atoms with E-state index < -0.39 is 24.1 Å². The fourth-order valence-electron chi connectivity index (χ4n) is 1.38. The molecule has 0 bridgehead atoms. The minimum absolute atomic E-state index is 0.121. The lowest BCUT2D eigenvalue weighted by atomic mass is 10.2. The number of hydrogen-bond donors (Lipinski definition) is 1. The van der Waals surface area contributed by atoms with Crippen LogP contribution in [0.2, 0.25) is 0 Å². The van der Waals surface area contributed by atoms with E-state index in [0.717, 1.165) is 4.90 Å². The van der Waals surface area contributed by atoms with Crippen molar-refractivity contribution in [2.45, 2.75) is 6.43 Å². The highest BCUT2D eigenvalue weighted by Crippen LogP contribution is 2.16. The number of rotatable bonds is 7. The van der Waals surface area contributed by atoms with Crippen LogP contribution in [0, 0.1) is 0 Å². The smallest absolute Gasteiger partial charge is 0.407 e. The molecule has 0 heterocycles. The number of amides is 1. The Balaban J connectivity index is 2.58. The Morgan fingerprint density at radius 3 is 2.41 bits per heavy atom. The normalized spacial score (nSPS) is 11.4. The van der Waals surface area contributed by atoms with Gasteiger partial charge in [0.25, 0.3) is 5.78 Å². The Kier molecular flexibility index (Phi) is 6.43. The topological polar surface area (TPSA) is 66.8 Å². The Bertz CT molecular complexity index is 558. The number of nitrogens with zero attached hydrogens (tertiary/aromatic N) is 1. The Labute approximate surface area is 124 Å². The van der Waals surface area contributed by atoms with Crippen LogP contribution in [-0.2, 0) is 4.79 Å². The van der Waals surface area contributed by atoms with Gasteiger partial charge in [0.15, 0.2) is 5.83 Å². The van der Waals surface area contributed by atoms with Gasteiger partial charge in [-0.25, -0.2) is 18.0 Å². The molecule has 0 fully saturated rings. The van der Waals surface area contributed by atoms with Crippen LogP contribution in [0.3, 0.4) is 0 Å². The summed E-state index contributed by atoms with van der Waals surface area (Å²) in [6.07, 6.45) is -3.76. The maximum Gasteiger partial charge on any atom is 0.407 e.